The number of carbonyl (C=O) groups excluding carboxylic acids is 3. The van der Waals surface area contributed by atoms with Gasteiger partial charge in [0.1, 0.15) is 17.2 Å². The molecule has 232 valence electrons. The normalized spacial score (nSPS) is 10.8. The first kappa shape index (κ1) is 33.1. The number of aryl methyl sites for hydroxylation is 1. The zero-order valence-electron chi connectivity index (χ0n) is 25.6. The molecule has 10 nitrogen and oxygen atoms in total. The van der Waals surface area contributed by atoms with Crippen molar-refractivity contribution in [1.82, 2.24) is 20.8 Å². The van der Waals surface area contributed by atoms with Crippen LogP contribution in [-0.4, -0.2) is 53.4 Å². The molecule has 0 aliphatic carbocycles. The number of anilines is 1. The molecule has 4 rings (SSSR count). The van der Waals surface area contributed by atoms with Crippen LogP contribution in [0.25, 0.3) is 22.2 Å². The van der Waals surface area contributed by atoms with E-state index in [4.69, 9.17) is 26.1 Å². The number of hydrogen-bond acceptors (Lipinski definition) is 9. The van der Waals surface area contributed by atoms with Gasteiger partial charge in [0.05, 0.1) is 28.9 Å². The molecule has 4 aromatic rings. The van der Waals surface area contributed by atoms with E-state index in [-0.39, 0.29) is 17.3 Å². The molecule has 0 bridgehead atoms. The van der Waals surface area contributed by atoms with E-state index in [1.807, 2.05) is 49.4 Å². The highest BCUT2D eigenvalue weighted by Crippen LogP contribution is 2.28. The number of methoxy groups -OCH3 is 1. The van der Waals surface area contributed by atoms with Gasteiger partial charge < -0.3 is 13.8 Å². The van der Waals surface area contributed by atoms with Crippen LogP contribution in [0.15, 0.2) is 60.8 Å². The van der Waals surface area contributed by atoms with E-state index >= 15 is 0 Å². The highest BCUT2D eigenvalue weighted by molar-refractivity contribution is 8.01. The molecule has 2 aromatic heterocycles. The van der Waals surface area contributed by atoms with Crippen molar-refractivity contribution in [1.29, 1.82) is 0 Å². The quantitative estimate of drug-likeness (QED) is 0.111. The number of nitrogens with one attached hydrogen (secondary N) is 2. The number of fused-ring (bicyclic) bond motifs is 1. The summed E-state index contributed by atoms with van der Waals surface area (Å²) in [6.45, 7) is 7.12. The molecule has 2 aromatic carbocycles. The van der Waals surface area contributed by atoms with Gasteiger partial charge in [-0.3, -0.25) is 15.0 Å². The van der Waals surface area contributed by atoms with Crippen molar-refractivity contribution in [3.05, 3.63) is 88.1 Å². The molecule has 12 heteroatoms. The summed E-state index contributed by atoms with van der Waals surface area (Å²) in [6.07, 6.45) is 0.719. The zero-order chi connectivity index (χ0) is 32.7. The molecular formula is C33H32ClN5O5S. The SMILES string of the molecule is COC(=O)CSN(C)c1cc2nc(-c3ccc(C#Cc4ccc(C)cc4Cl)cc3)cc(C(=O)NNC(=O)OC(C)(C)C)c2cn1. The van der Waals surface area contributed by atoms with Crippen LogP contribution < -0.4 is 15.2 Å². The summed E-state index contributed by atoms with van der Waals surface area (Å²) in [6, 6.07) is 16.5. The largest absolute Gasteiger partial charge is 0.468 e. The lowest BCUT2D eigenvalue weighted by Crippen LogP contribution is -2.44. The number of nitrogens with zero attached hydrogens (tertiary/aromatic N) is 3. The zero-order valence-corrected chi connectivity index (χ0v) is 27.2. The van der Waals surface area contributed by atoms with E-state index in [1.165, 1.54) is 25.3 Å². The molecular weight excluding hydrogens is 614 g/mol. The number of hydrazine groups is 1. The number of ether oxygens (including phenoxy) is 2. The minimum Gasteiger partial charge on any atom is -0.468 e. The average molecular weight is 646 g/mol. The highest BCUT2D eigenvalue weighted by Gasteiger charge is 2.20. The van der Waals surface area contributed by atoms with Gasteiger partial charge in [0.25, 0.3) is 5.91 Å². The van der Waals surface area contributed by atoms with Gasteiger partial charge in [-0.2, -0.15) is 0 Å². The minimum absolute atomic E-state index is 0.0928. The van der Waals surface area contributed by atoms with Crippen LogP contribution in [-0.2, 0) is 14.3 Å². The summed E-state index contributed by atoms with van der Waals surface area (Å²) < 4.78 is 11.6. The molecule has 0 aliphatic rings. The molecule has 45 heavy (non-hydrogen) atoms. The lowest BCUT2D eigenvalue weighted by Gasteiger charge is -2.20. The summed E-state index contributed by atoms with van der Waals surface area (Å²) in [7, 11) is 3.08. The van der Waals surface area contributed by atoms with Crippen molar-refractivity contribution in [3.8, 4) is 23.1 Å². The predicted octanol–water partition coefficient (Wildman–Crippen LogP) is 6.09. The van der Waals surface area contributed by atoms with Crippen molar-refractivity contribution in [2.24, 2.45) is 0 Å². The summed E-state index contributed by atoms with van der Waals surface area (Å²) in [5.41, 5.74) is 8.45. The Hall–Kier alpha value is -4.79. The molecule has 0 saturated carbocycles. The van der Waals surface area contributed by atoms with Gasteiger partial charge in [-0.05, 0) is 75.5 Å². The molecule has 0 unspecified atom stereocenters. The molecule has 2 N–H and O–H groups in total. The van der Waals surface area contributed by atoms with E-state index in [0.29, 0.717) is 27.4 Å². The fraction of sp³-hybridized carbons (Fsp3) is 0.242. The highest BCUT2D eigenvalue weighted by atomic mass is 35.5. The standard InChI is InChI=1S/C33H32ClN5O5S/c1-20-7-11-22(26(34)15-20)12-8-21-9-13-23(14-10-21)27-16-24(31(41)37-38-32(42)44-33(2,3)4)25-18-35-29(17-28(25)36-27)39(5)45-19-30(40)43-6/h7,9-11,13-18H,19H2,1-6H3,(H,37,41)(H,38,42). The number of hydrogen-bond donors (Lipinski definition) is 2. The van der Waals surface area contributed by atoms with Gasteiger partial charge in [0, 0.05) is 41.4 Å². The number of benzene rings is 2. The lowest BCUT2D eigenvalue weighted by molar-refractivity contribution is -0.137. The van der Waals surface area contributed by atoms with Crippen LogP contribution in [0.1, 0.15) is 47.8 Å². The number of rotatable bonds is 6. The van der Waals surface area contributed by atoms with Gasteiger partial charge in [0.15, 0.2) is 0 Å². The summed E-state index contributed by atoms with van der Waals surface area (Å²) in [5.74, 6) is 5.87. The van der Waals surface area contributed by atoms with E-state index < -0.39 is 17.6 Å². The summed E-state index contributed by atoms with van der Waals surface area (Å²) >= 11 is 7.53. The van der Waals surface area contributed by atoms with Crippen LogP contribution >= 0.6 is 23.5 Å². The third-order valence-corrected chi connectivity index (χ3v) is 7.43. The van der Waals surface area contributed by atoms with Crippen LogP contribution in [0.5, 0.6) is 0 Å². The van der Waals surface area contributed by atoms with Crippen molar-refractivity contribution in [2.45, 2.75) is 33.3 Å². The number of aromatic nitrogens is 2. The molecule has 0 aliphatic heterocycles. The Balaban J connectivity index is 1.68. The van der Waals surface area contributed by atoms with E-state index in [0.717, 1.165) is 22.3 Å². The molecule has 2 heterocycles. The van der Waals surface area contributed by atoms with Crippen LogP contribution in [0.4, 0.5) is 10.6 Å². The van der Waals surface area contributed by atoms with Crippen LogP contribution in [0.3, 0.4) is 0 Å². The Morgan fingerprint density at radius 3 is 2.42 bits per heavy atom. The lowest BCUT2D eigenvalue weighted by atomic mass is 10.0. The van der Waals surface area contributed by atoms with Gasteiger partial charge in [-0.15, -0.1) is 0 Å². The first-order chi connectivity index (χ1) is 21.3. The average Bonchev–Trinajstić information content (AvgIpc) is 3.00. The number of carbonyl (C=O) groups is 3. The van der Waals surface area contributed by atoms with Crippen molar-refractivity contribution in [2.75, 3.05) is 24.2 Å². The first-order valence-corrected chi connectivity index (χ1v) is 15.1. The van der Waals surface area contributed by atoms with Gasteiger partial charge >= 0.3 is 12.1 Å². The van der Waals surface area contributed by atoms with E-state index in [2.05, 4.69) is 27.7 Å². The molecule has 0 spiro atoms. The second-order valence-electron chi connectivity index (χ2n) is 10.9. The van der Waals surface area contributed by atoms with Gasteiger partial charge in [0.2, 0.25) is 0 Å². The first-order valence-electron chi connectivity index (χ1n) is 13.7. The number of esters is 1. The Bertz CT molecular complexity index is 1810. The summed E-state index contributed by atoms with van der Waals surface area (Å²) in [4.78, 5) is 46.4. The fourth-order valence-corrected chi connectivity index (χ4v) is 4.89. The predicted molar refractivity (Wildman–Crippen MR) is 177 cm³/mol. The second kappa shape index (κ2) is 14.3. The maximum absolute atomic E-state index is 13.3. The molecule has 0 atom stereocenters. The van der Waals surface area contributed by atoms with Crippen molar-refractivity contribution in [3.63, 3.8) is 0 Å². The Kier molecular flexibility index (Phi) is 10.5. The van der Waals surface area contributed by atoms with E-state index in [1.54, 1.807) is 44.3 Å². The molecule has 0 saturated heterocycles. The number of halogens is 1. The Morgan fingerprint density at radius 1 is 1.02 bits per heavy atom. The van der Waals surface area contributed by atoms with Crippen molar-refractivity contribution < 1.29 is 23.9 Å². The van der Waals surface area contributed by atoms with Crippen LogP contribution in [0.2, 0.25) is 5.02 Å². The minimum atomic E-state index is -0.803. The molecule has 2 amide bonds. The van der Waals surface area contributed by atoms with Gasteiger partial charge in [-0.1, -0.05) is 41.6 Å². The van der Waals surface area contributed by atoms with Crippen molar-refractivity contribution >= 4 is 58.2 Å². The number of amides is 2. The number of pyridine rings is 2. The summed E-state index contributed by atoms with van der Waals surface area (Å²) in [5, 5.41) is 1.05. The van der Waals surface area contributed by atoms with E-state index in [9.17, 15) is 14.4 Å². The third kappa shape index (κ3) is 9.11. The van der Waals surface area contributed by atoms with Gasteiger partial charge in [-0.25, -0.2) is 20.2 Å². The monoisotopic (exact) mass is 645 g/mol. The molecule has 0 fully saturated rings. The molecule has 0 radical (unpaired) electrons. The third-order valence-electron chi connectivity index (χ3n) is 6.17. The maximum Gasteiger partial charge on any atom is 0.426 e. The smallest absolute Gasteiger partial charge is 0.426 e. The van der Waals surface area contributed by atoms with Crippen LogP contribution in [0, 0.1) is 18.8 Å². The Labute approximate surface area is 271 Å². The topological polar surface area (TPSA) is 123 Å². The maximum atomic E-state index is 13.3. The fourth-order valence-electron chi connectivity index (χ4n) is 3.96. The second-order valence-corrected chi connectivity index (χ2v) is 12.4. The Morgan fingerprint density at radius 2 is 1.76 bits per heavy atom.